The molecule has 0 radical (unpaired) electrons. The fourth-order valence-electron chi connectivity index (χ4n) is 3.75. The molecule has 0 spiro atoms. The highest BCUT2D eigenvalue weighted by molar-refractivity contribution is 6.05. The van der Waals surface area contributed by atoms with E-state index in [9.17, 15) is 0 Å². The minimum absolute atomic E-state index is 0.954. The van der Waals surface area contributed by atoms with Crippen molar-refractivity contribution in [1.82, 2.24) is 9.55 Å². The van der Waals surface area contributed by atoms with Gasteiger partial charge in [0, 0.05) is 23.6 Å². The van der Waals surface area contributed by atoms with Crippen LogP contribution >= 0.6 is 0 Å². The van der Waals surface area contributed by atoms with E-state index in [1.54, 1.807) is 0 Å². The summed E-state index contributed by atoms with van der Waals surface area (Å²) in [4.78, 5) is 4.59. The summed E-state index contributed by atoms with van der Waals surface area (Å²) >= 11 is 0. The van der Waals surface area contributed by atoms with Crippen molar-refractivity contribution < 1.29 is 4.58 Å². The number of fused-ring (bicyclic) bond motifs is 6. The summed E-state index contributed by atoms with van der Waals surface area (Å²) in [7, 11) is 2.17. The minimum Gasteiger partial charge on any atom is -0.252 e. The highest BCUT2D eigenvalue weighted by atomic mass is 15.2. The molecule has 0 aliphatic carbocycles. The quantitative estimate of drug-likeness (QED) is 0.569. The number of hydrogen-bond acceptors (Lipinski definition) is 1. The van der Waals surface area contributed by atoms with Crippen LogP contribution in [-0.4, -0.2) is 19.8 Å². The Kier molecular flexibility index (Phi) is 1.75. The van der Waals surface area contributed by atoms with E-state index in [4.69, 9.17) is 0 Å². The molecule has 0 fully saturated rings. The first-order valence-electron chi connectivity index (χ1n) is 6.98. The Morgan fingerprint density at radius 3 is 3.00 bits per heavy atom. The number of rotatable bonds is 0. The van der Waals surface area contributed by atoms with E-state index in [2.05, 4.69) is 51.5 Å². The Bertz CT molecular complexity index is 915. The van der Waals surface area contributed by atoms with Crippen LogP contribution in [0, 0.1) is 0 Å². The smallest absolute Gasteiger partial charge is 0.252 e. The predicted octanol–water partition coefficient (Wildman–Crippen LogP) is 2.78. The van der Waals surface area contributed by atoms with Crippen LogP contribution in [0.25, 0.3) is 10.9 Å². The largest absolute Gasteiger partial charge is 0.286 e. The number of para-hydroxylation sites is 1. The predicted molar refractivity (Wildman–Crippen MR) is 78.6 cm³/mol. The fourth-order valence-corrected chi connectivity index (χ4v) is 3.75. The third kappa shape index (κ3) is 1.07. The Morgan fingerprint density at radius 1 is 1.15 bits per heavy atom. The van der Waals surface area contributed by atoms with Gasteiger partial charge in [0.15, 0.2) is 0 Å². The molecule has 0 amide bonds. The highest BCUT2D eigenvalue weighted by Crippen LogP contribution is 2.40. The van der Waals surface area contributed by atoms with Crippen LogP contribution in [0.4, 0.5) is 5.82 Å². The molecule has 2 aliphatic rings. The van der Waals surface area contributed by atoms with Crippen molar-refractivity contribution in [3.05, 3.63) is 59.4 Å². The van der Waals surface area contributed by atoms with E-state index in [1.807, 2.05) is 12.3 Å². The zero-order valence-corrected chi connectivity index (χ0v) is 11.3. The van der Waals surface area contributed by atoms with Gasteiger partial charge in [-0.1, -0.05) is 24.3 Å². The molecule has 0 saturated heterocycles. The average Bonchev–Trinajstić information content (AvgIpc) is 3.09. The standard InChI is InChI=1S/C17H14N3/c1-19-14-7-3-2-6-12(14)13-9-15-16-11(5-4-8-18-16)10-20(15)17(13)19/h2-8H,9-10H2,1H3/q+1. The number of hydrogen-bond donors (Lipinski definition) is 0. The maximum absolute atomic E-state index is 4.59. The molecule has 0 saturated carbocycles. The molecular formula is C17H14N3+. The second-order valence-electron chi connectivity index (χ2n) is 5.60. The van der Waals surface area contributed by atoms with Gasteiger partial charge >= 0.3 is 0 Å². The molecule has 20 heavy (non-hydrogen) atoms. The van der Waals surface area contributed by atoms with Crippen LogP contribution in [0.15, 0.2) is 42.6 Å². The van der Waals surface area contributed by atoms with Crippen LogP contribution < -0.4 is 0 Å². The van der Waals surface area contributed by atoms with E-state index < -0.39 is 0 Å². The van der Waals surface area contributed by atoms with Gasteiger partial charge in [0.2, 0.25) is 0 Å². The van der Waals surface area contributed by atoms with Gasteiger partial charge < -0.3 is 0 Å². The van der Waals surface area contributed by atoms with Crippen LogP contribution in [0.3, 0.4) is 0 Å². The number of aromatic nitrogens is 2. The topological polar surface area (TPSA) is 20.8 Å². The number of pyridine rings is 1. The molecule has 1 aromatic carbocycles. The number of nitrogens with zero attached hydrogens (tertiary/aromatic N) is 3. The van der Waals surface area contributed by atoms with Crippen molar-refractivity contribution >= 4 is 22.4 Å². The van der Waals surface area contributed by atoms with Gasteiger partial charge in [0.05, 0.1) is 12.6 Å². The zero-order chi connectivity index (χ0) is 13.3. The van der Waals surface area contributed by atoms with Crippen LogP contribution in [0.5, 0.6) is 0 Å². The van der Waals surface area contributed by atoms with E-state index in [1.165, 1.54) is 39.3 Å². The van der Waals surface area contributed by atoms with E-state index in [0.29, 0.717) is 0 Å². The van der Waals surface area contributed by atoms with Gasteiger partial charge in [-0.05, 0) is 12.1 Å². The fraction of sp³-hybridized carbons (Fsp3) is 0.176. The summed E-state index contributed by atoms with van der Waals surface area (Å²) in [5.74, 6) is 1.35. The lowest BCUT2D eigenvalue weighted by Crippen LogP contribution is -2.08. The Hall–Kier alpha value is -2.42. The first-order valence-corrected chi connectivity index (χ1v) is 6.98. The molecule has 4 heterocycles. The summed E-state index contributed by atoms with van der Waals surface area (Å²) in [5.41, 5.74) is 6.67. The van der Waals surface area contributed by atoms with Gasteiger partial charge in [-0.25, -0.2) is 9.14 Å². The molecule has 96 valence electrons. The Morgan fingerprint density at radius 2 is 2.05 bits per heavy atom. The van der Waals surface area contributed by atoms with Crippen molar-refractivity contribution in [3.63, 3.8) is 0 Å². The molecule has 3 aromatic rings. The molecule has 5 rings (SSSR count). The molecule has 0 atom stereocenters. The van der Waals surface area contributed by atoms with Gasteiger partial charge in [-0.3, -0.25) is 4.98 Å². The lowest BCUT2D eigenvalue weighted by molar-refractivity contribution is -0.455. The van der Waals surface area contributed by atoms with Gasteiger partial charge in [-0.15, -0.1) is 0 Å². The maximum atomic E-state index is 4.59. The zero-order valence-electron chi connectivity index (χ0n) is 11.3. The summed E-state index contributed by atoms with van der Waals surface area (Å²) in [6.07, 6.45) is 2.90. The Labute approximate surface area is 116 Å². The first kappa shape index (κ1) is 10.4. The number of aryl methyl sites for hydroxylation is 1. The van der Waals surface area contributed by atoms with Crippen molar-refractivity contribution in [1.29, 1.82) is 0 Å². The monoisotopic (exact) mass is 260 g/mol. The molecule has 2 aliphatic heterocycles. The van der Waals surface area contributed by atoms with Gasteiger partial charge in [0.1, 0.15) is 23.5 Å². The lowest BCUT2D eigenvalue weighted by Gasteiger charge is -1.99. The molecule has 0 N–H and O–H groups in total. The van der Waals surface area contributed by atoms with Crippen molar-refractivity contribution in [3.8, 4) is 0 Å². The van der Waals surface area contributed by atoms with E-state index in [0.717, 1.165) is 13.0 Å². The van der Waals surface area contributed by atoms with E-state index in [-0.39, 0.29) is 0 Å². The molecule has 3 nitrogen and oxygen atoms in total. The molecule has 2 aromatic heterocycles. The SMILES string of the molecule is Cn1c2c(c3ccccc31)CC1=[N+]2Cc2cccnc21. The lowest BCUT2D eigenvalue weighted by atomic mass is 10.0. The van der Waals surface area contributed by atoms with Crippen molar-refractivity contribution in [2.75, 3.05) is 0 Å². The maximum Gasteiger partial charge on any atom is 0.286 e. The number of benzene rings is 1. The second kappa shape index (κ2) is 3.37. The van der Waals surface area contributed by atoms with Crippen molar-refractivity contribution in [2.45, 2.75) is 13.0 Å². The Balaban J connectivity index is 1.81. The second-order valence-corrected chi connectivity index (χ2v) is 5.60. The van der Waals surface area contributed by atoms with E-state index >= 15 is 0 Å². The molecular weight excluding hydrogens is 246 g/mol. The highest BCUT2D eigenvalue weighted by Gasteiger charge is 2.39. The minimum atomic E-state index is 0.954. The average molecular weight is 260 g/mol. The molecule has 0 unspecified atom stereocenters. The summed E-state index contributed by atoms with van der Waals surface area (Å²) in [5, 5.41) is 1.38. The summed E-state index contributed by atoms with van der Waals surface area (Å²) in [6.45, 7) is 0.954. The van der Waals surface area contributed by atoms with Crippen molar-refractivity contribution in [2.24, 2.45) is 7.05 Å². The van der Waals surface area contributed by atoms with Crippen LogP contribution in [0.1, 0.15) is 16.8 Å². The van der Waals surface area contributed by atoms with Crippen LogP contribution in [0.2, 0.25) is 0 Å². The molecule has 3 heteroatoms. The summed E-state index contributed by atoms with van der Waals surface area (Å²) < 4.78 is 4.76. The third-order valence-electron chi connectivity index (χ3n) is 4.60. The summed E-state index contributed by atoms with van der Waals surface area (Å²) in [6, 6.07) is 12.9. The third-order valence-corrected chi connectivity index (χ3v) is 4.60. The normalized spacial score (nSPS) is 15.7. The first-order chi connectivity index (χ1) is 9.84. The van der Waals surface area contributed by atoms with Gasteiger partial charge in [-0.2, -0.15) is 0 Å². The van der Waals surface area contributed by atoms with Gasteiger partial charge in [0.25, 0.3) is 5.82 Å². The molecule has 0 bridgehead atoms. The van der Waals surface area contributed by atoms with Crippen LogP contribution in [-0.2, 0) is 20.0 Å².